The lowest BCUT2D eigenvalue weighted by molar-refractivity contribution is -0.242. The zero-order chi connectivity index (χ0) is 12.5. The topological polar surface area (TPSA) is 163 Å². The molecule has 0 saturated carbocycles. The van der Waals surface area contributed by atoms with Crippen LogP contribution in [0.4, 0.5) is 0 Å². The smallest absolute Gasteiger partial charge is 0.394 e. The molecule has 96 valence electrons. The first kappa shape index (κ1) is 14.0. The highest BCUT2D eigenvalue weighted by molar-refractivity contribution is 7.46. The molecule has 1 heterocycles. The zero-order valence-corrected chi connectivity index (χ0v) is 8.97. The summed E-state index contributed by atoms with van der Waals surface area (Å²) < 4.78 is 19.5. The first-order valence-electron chi connectivity index (χ1n) is 4.38. The van der Waals surface area contributed by atoms with Gasteiger partial charge in [-0.3, -0.25) is 4.52 Å². The molecule has 2 unspecified atom stereocenters. The Bertz CT molecular complexity index is 280. The van der Waals surface area contributed by atoms with Gasteiger partial charge in [-0.05, 0) is 0 Å². The number of phosphoric ester groups is 1. The van der Waals surface area contributed by atoms with E-state index in [1.54, 1.807) is 0 Å². The molecule has 16 heavy (non-hydrogen) atoms. The average molecular weight is 259 g/mol. The quantitative estimate of drug-likeness (QED) is 0.287. The van der Waals surface area contributed by atoms with Crippen molar-refractivity contribution >= 4 is 7.82 Å². The number of aliphatic hydroxyl groups is 3. The third kappa shape index (κ3) is 3.20. The number of nitrogens with two attached hydrogens (primary N) is 1. The van der Waals surface area contributed by atoms with Crippen LogP contribution in [-0.4, -0.2) is 62.4 Å². The van der Waals surface area contributed by atoms with E-state index >= 15 is 0 Å². The summed E-state index contributed by atoms with van der Waals surface area (Å²) in [7, 11) is -4.83. The van der Waals surface area contributed by atoms with Crippen LogP contribution in [0.15, 0.2) is 0 Å². The van der Waals surface area contributed by atoms with Gasteiger partial charge < -0.3 is 35.6 Å². The van der Waals surface area contributed by atoms with E-state index in [1.807, 2.05) is 0 Å². The normalized spacial score (nSPS) is 41.0. The van der Waals surface area contributed by atoms with Gasteiger partial charge >= 0.3 is 7.82 Å². The Balaban J connectivity index is 2.75. The third-order valence-electron chi connectivity index (χ3n) is 2.17. The van der Waals surface area contributed by atoms with E-state index in [0.717, 1.165) is 0 Å². The van der Waals surface area contributed by atoms with Gasteiger partial charge in [0.1, 0.15) is 18.3 Å². The Kier molecular flexibility index (Phi) is 4.41. The Morgan fingerprint density at radius 3 is 2.31 bits per heavy atom. The summed E-state index contributed by atoms with van der Waals surface area (Å²) in [4.78, 5) is 17.1. The molecule has 0 aromatic heterocycles. The number of aliphatic hydroxyl groups excluding tert-OH is 3. The SMILES string of the molecule is NC1[C@@H](OP(=O)(O)O)OC(CO)[C@@H](O)[C@@H]1O. The molecule has 7 N–H and O–H groups in total. The van der Waals surface area contributed by atoms with Crippen LogP contribution in [0, 0.1) is 0 Å². The molecule has 5 atom stereocenters. The van der Waals surface area contributed by atoms with Crippen LogP contribution in [0.2, 0.25) is 0 Å². The minimum atomic E-state index is -4.83. The fraction of sp³-hybridized carbons (Fsp3) is 1.00. The minimum Gasteiger partial charge on any atom is -0.394 e. The van der Waals surface area contributed by atoms with Crippen molar-refractivity contribution < 1.29 is 38.9 Å². The van der Waals surface area contributed by atoms with Gasteiger partial charge in [-0.25, -0.2) is 4.57 Å². The molecule has 0 bridgehead atoms. The van der Waals surface area contributed by atoms with Crippen LogP contribution in [-0.2, 0) is 13.8 Å². The number of phosphoric acid groups is 1. The molecule has 1 aliphatic rings. The van der Waals surface area contributed by atoms with E-state index < -0.39 is 45.1 Å². The fourth-order valence-electron chi connectivity index (χ4n) is 1.33. The van der Waals surface area contributed by atoms with Crippen molar-refractivity contribution in [3.05, 3.63) is 0 Å². The Hall–Kier alpha value is -0.0900. The van der Waals surface area contributed by atoms with Crippen LogP contribution in [0.1, 0.15) is 0 Å². The highest BCUT2D eigenvalue weighted by Gasteiger charge is 2.45. The maximum absolute atomic E-state index is 10.6. The monoisotopic (exact) mass is 259 g/mol. The molecule has 1 saturated heterocycles. The molecular formula is C6H14NO8P. The molecule has 1 aliphatic heterocycles. The summed E-state index contributed by atoms with van der Waals surface area (Å²) in [5.74, 6) is 0. The van der Waals surface area contributed by atoms with Crippen molar-refractivity contribution in [1.82, 2.24) is 0 Å². The molecule has 0 spiro atoms. The van der Waals surface area contributed by atoms with E-state index in [4.69, 9.17) is 25.4 Å². The largest absolute Gasteiger partial charge is 0.471 e. The van der Waals surface area contributed by atoms with Gasteiger partial charge in [0.2, 0.25) is 0 Å². The summed E-state index contributed by atoms with van der Waals surface area (Å²) >= 11 is 0. The second-order valence-electron chi connectivity index (χ2n) is 3.38. The zero-order valence-electron chi connectivity index (χ0n) is 8.08. The molecule has 9 nitrogen and oxygen atoms in total. The van der Waals surface area contributed by atoms with Crippen molar-refractivity contribution in [3.63, 3.8) is 0 Å². The highest BCUT2D eigenvalue weighted by atomic mass is 31.2. The van der Waals surface area contributed by atoms with Crippen LogP contribution in [0.3, 0.4) is 0 Å². The Labute approximate surface area is 90.6 Å². The standard InChI is InChI=1S/C6H14NO8P/c7-3-5(10)4(9)2(1-8)14-6(3)15-16(11,12)13/h2-6,8-10H,1,7H2,(H2,11,12,13)/t2?,3?,4-,5-,6-/m1/s1. The molecule has 0 amide bonds. The van der Waals surface area contributed by atoms with Crippen molar-refractivity contribution in [2.24, 2.45) is 5.73 Å². The molecule has 0 radical (unpaired) electrons. The van der Waals surface area contributed by atoms with Crippen LogP contribution < -0.4 is 5.73 Å². The Morgan fingerprint density at radius 2 is 1.88 bits per heavy atom. The first-order valence-corrected chi connectivity index (χ1v) is 5.91. The molecule has 0 aliphatic carbocycles. The second kappa shape index (κ2) is 5.05. The lowest BCUT2D eigenvalue weighted by Crippen LogP contribution is -2.62. The van der Waals surface area contributed by atoms with E-state index in [-0.39, 0.29) is 0 Å². The first-order chi connectivity index (χ1) is 7.26. The summed E-state index contributed by atoms with van der Waals surface area (Å²) in [6.07, 6.45) is -5.78. The van der Waals surface area contributed by atoms with Crippen molar-refractivity contribution in [2.45, 2.75) is 30.6 Å². The molecule has 10 heteroatoms. The molecular weight excluding hydrogens is 245 g/mol. The van der Waals surface area contributed by atoms with Gasteiger partial charge in [0, 0.05) is 0 Å². The molecule has 1 fully saturated rings. The van der Waals surface area contributed by atoms with Crippen LogP contribution in [0.25, 0.3) is 0 Å². The number of rotatable bonds is 3. The van der Waals surface area contributed by atoms with Crippen molar-refractivity contribution in [3.8, 4) is 0 Å². The maximum atomic E-state index is 10.6. The van der Waals surface area contributed by atoms with Crippen LogP contribution >= 0.6 is 7.82 Å². The van der Waals surface area contributed by atoms with Gasteiger partial charge in [0.05, 0.1) is 12.6 Å². The van der Waals surface area contributed by atoms with Crippen LogP contribution in [0.5, 0.6) is 0 Å². The summed E-state index contributed by atoms with van der Waals surface area (Å²) in [5, 5.41) is 27.6. The van der Waals surface area contributed by atoms with Crippen molar-refractivity contribution in [2.75, 3.05) is 6.61 Å². The predicted octanol–water partition coefficient (Wildman–Crippen LogP) is -3.14. The summed E-state index contributed by atoms with van der Waals surface area (Å²) in [5.41, 5.74) is 5.35. The van der Waals surface area contributed by atoms with E-state index in [1.165, 1.54) is 0 Å². The number of ether oxygens (including phenoxy) is 1. The summed E-state index contributed by atoms with van der Waals surface area (Å²) in [6.45, 7) is -0.647. The van der Waals surface area contributed by atoms with Gasteiger partial charge in [-0.15, -0.1) is 0 Å². The fourth-order valence-corrected chi connectivity index (χ4v) is 1.79. The average Bonchev–Trinajstić information content (AvgIpc) is 2.17. The highest BCUT2D eigenvalue weighted by Crippen LogP contribution is 2.40. The molecule has 1 rings (SSSR count). The molecule has 0 aromatic rings. The van der Waals surface area contributed by atoms with Gasteiger partial charge in [0.15, 0.2) is 6.29 Å². The maximum Gasteiger partial charge on any atom is 0.471 e. The summed E-state index contributed by atoms with van der Waals surface area (Å²) in [6, 6.07) is -1.33. The molecule has 0 aromatic carbocycles. The number of hydrogen-bond donors (Lipinski definition) is 6. The van der Waals surface area contributed by atoms with E-state index in [0.29, 0.717) is 0 Å². The lowest BCUT2D eigenvalue weighted by atomic mass is 9.98. The lowest BCUT2D eigenvalue weighted by Gasteiger charge is -2.40. The second-order valence-corrected chi connectivity index (χ2v) is 4.57. The van der Waals surface area contributed by atoms with E-state index in [2.05, 4.69) is 4.52 Å². The third-order valence-corrected chi connectivity index (χ3v) is 2.65. The Morgan fingerprint density at radius 1 is 1.31 bits per heavy atom. The minimum absolute atomic E-state index is 0.647. The predicted molar refractivity (Wildman–Crippen MR) is 48.9 cm³/mol. The van der Waals surface area contributed by atoms with Crippen molar-refractivity contribution in [1.29, 1.82) is 0 Å². The van der Waals surface area contributed by atoms with Gasteiger partial charge in [-0.2, -0.15) is 0 Å². The van der Waals surface area contributed by atoms with Gasteiger partial charge in [0.25, 0.3) is 0 Å². The van der Waals surface area contributed by atoms with E-state index in [9.17, 15) is 14.8 Å². The van der Waals surface area contributed by atoms with Gasteiger partial charge in [-0.1, -0.05) is 0 Å². The number of hydrogen-bond acceptors (Lipinski definition) is 7.